The molecule has 39 heavy (non-hydrogen) atoms. The molecule has 0 aromatic heterocycles. The van der Waals surface area contributed by atoms with E-state index in [1.807, 2.05) is 0 Å². The van der Waals surface area contributed by atoms with Crippen LogP contribution in [0, 0.1) is 0 Å². The van der Waals surface area contributed by atoms with Crippen LogP contribution in [0.25, 0.3) is 0 Å². The summed E-state index contributed by atoms with van der Waals surface area (Å²) in [5.41, 5.74) is -2.35. The van der Waals surface area contributed by atoms with Crippen LogP contribution in [0.3, 0.4) is 0 Å². The van der Waals surface area contributed by atoms with Gasteiger partial charge >= 0.3 is 13.7 Å². The van der Waals surface area contributed by atoms with Crippen molar-refractivity contribution in [2.75, 3.05) is 13.4 Å². The number of hydrogen-bond donors (Lipinski definition) is 3. The Kier molecular flexibility index (Phi) is 8.24. The number of rotatable bonds is 10. The van der Waals surface area contributed by atoms with Gasteiger partial charge in [-0.25, -0.2) is 8.96 Å². The number of hydrogen-bond acceptors (Lipinski definition) is 11. The van der Waals surface area contributed by atoms with Crippen LogP contribution in [0.4, 0.5) is 4.39 Å². The van der Waals surface area contributed by atoms with Crippen molar-refractivity contribution in [2.24, 2.45) is 0 Å². The monoisotopic (exact) mass is 571 g/mol. The number of fused-ring (bicyclic) bond motifs is 1. The van der Waals surface area contributed by atoms with E-state index >= 15 is 4.39 Å². The van der Waals surface area contributed by atoms with E-state index in [1.165, 1.54) is 30.2 Å². The number of carbonyl (C=O) groups excluding carboxylic acids is 2. The molecule has 0 aliphatic carbocycles. The van der Waals surface area contributed by atoms with Gasteiger partial charge < -0.3 is 38.8 Å². The Morgan fingerprint density at radius 1 is 1.36 bits per heavy atom. The summed E-state index contributed by atoms with van der Waals surface area (Å²) in [4.78, 5) is 25.2. The third-order valence-corrected chi connectivity index (χ3v) is 7.61. The largest absolute Gasteiger partial charge is 0.462 e. The lowest BCUT2D eigenvalue weighted by atomic mass is 9.98. The lowest BCUT2D eigenvalue weighted by molar-refractivity contribution is -0.149. The number of esters is 1. The minimum atomic E-state index is -4.38. The molecule has 6 atom stereocenters. The smallest absolute Gasteiger partial charge is 0.459 e. The molecule has 3 aliphatic heterocycles. The molecule has 1 aromatic rings. The van der Waals surface area contributed by atoms with Gasteiger partial charge in [-0.1, -0.05) is 6.58 Å². The second kappa shape index (κ2) is 11.1. The number of nitrogens with one attached hydrogen (secondary N) is 2. The number of alkyl halides is 1. The van der Waals surface area contributed by atoms with Crippen LogP contribution in [-0.4, -0.2) is 71.5 Å². The predicted molar refractivity (Wildman–Crippen MR) is 133 cm³/mol. The van der Waals surface area contributed by atoms with Crippen molar-refractivity contribution in [1.29, 1.82) is 0 Å². The third-order valence-electron chi connectivity index (χ3n) is 5.97. The van der Waals surface area contributed by atoms with Crippen molar-refractivity contribution >= 4 is 19.6 Å². The first kappa shape index (κ1) is 28.8. The fourth-order valence-corrected chi connectivity index (χ4v) is 5.51. The van der Waals surface area contributed by atoms with Crippen LogP contribution in [0.15, 0.2) is 42.9 Å². The van der Waals surface area contributed by atoms with E-state index in [0.717, 1.165) is 13.0 Å². The minimum absolute atomic E-state index is 0.00561. The van der Waals surface area contributed by atoms with Crippen molar-refractivity contribution in [3.05, 3.63) is 42.9 Å². The molecule has 1 saturated heterocycles. The molecule has 3 aliphatic rings. The summed E-state index contributed by atoms with van der Waals surface area (Å²) in [6, 6.07) is 3.29. The van der Waals surface area contributed by atoms with Gasteiger partial charge in [0.25, 0.3) is 5.91 Å². The van der Waals surface area contributed by atoms with Crippen molar-refractivity contribution < 1.29 is 51.6 Å². The van der Waals surface area contributed by atoms with Crippen molar-refractivity contribution in [3.63, 3.8) is 0 Å². The molecule has 3 heterocycles. The zero-order valence-electron chi connectivity index (χ0n) is 21.8. The summed E-state index contributed by atoms with van der Waals surface area (Å²) in [6.45, 7) is 8.92. The first-order valence-corrected chi connectivity index (χ1v) is 13.6. The van der Waals surface area contributed by atoms with Gasteiger partial charge in [0.15, 0.2) is 23.4 Å². The number of carbonyl (C=O) groups is 2. The Labute approximate surface area is 224 Å². The minimum Gasteiger partial charge on any atom is -0.462 e. The number of ether oxygens (including phenoxy) is 4. The first-order valence-electron chi connectivity index (χ1n) is 12.1. The SMILES string of the molecule is C=C1NC(=O)C=CN1[C@@H]1O[C@H](CO[P@@](=O)(N[C@@H](C)C(=O)OC(C)C)Oc2ccc3c(c2)OCO3)[C@@H](O)[C@@]1(C)F. The van der Waals surface area contributed by atoms with Crippen LogP contribution in [0.5, 0.6) is 17.2 Å². The van der Waals surface area contributed by atoms with Gasteiger partial charge in [0.1, 0.15) is 29.8 Å². The Morgan fingerprint density at radius 3 is 2.77 bits per heavy atom. The van der Waals surface area contributed by atoms with Gasteiger partial charge in [-0.2, -0.15) is 5.09 Å². The highest BCUT2D eigenvalue weighted by Crippen LogP contribution is 2.48. The zero-order chi connectivity index (χ0) is 28.5. The van der Waals surface area contributed by atoms with Gasteiger partial charge in [-0.3, -0.25) is 14.1 Å². The second-order valence-electron chi connectivity index (χ2n) is 9.52. The number of benzene rings is 1. The molecule has 0 saturated carbocycles. The average Bonchev–Trinajstić information content (AvgIpc) is 3.39. The average molecular weight is 571 g/mol. The maximum Gasteiger partial charge on any atom is 0.459 e. The molecule has 4 rings (SSSR count). The number of aliphatic hydroxyl groups is 1. The highest BCUT2D eigenvalue weighted by atomic mass is 31.2. The number of nitrogens with zero attached hydrogens (tertiary/aromatic N) is 1. The molecule has 0 radical (unpaired) electrons. The molecular weight excluding hydrogens is 540 g/mol. The second-order valence-corrected chi connectivity index (χ2v) is 11.2. The van der Waals surface area contributed by atoms with Crippen molar-refractivity contribution in [1.82, 2.24) is 15.3 Å². The molecule has 0 bridgehead atoms. The van der Waals surface area contributed by atoms with E-state index in [9.17, 15) is 19.3 Å². The molecule has 1 amide bonds. The summed E-state index contributed by atoms with van der Waals surface area (Å²) < 4.78 is 62.1. The van der Waals surface area contributed by atoms with Gasteiger partial charge in [0.2, 0.25) is 6.79 Å². The molecular formula is C24H31FN3O10P. The van der Waals surface area contributed by atoms with E-state index in [1.54, 1.807) is 19.9 Å². The van der Waals surface area contributed by atoms with Crippen LogP contribution in [-0.2, 0) is 28.2 Å². The summed E-state index contributed by atoms with van der Waals surface area (Å²) in [7, 11) is -4.38. The fourth-order valence-electron chi connectivity index (χ4n) is 4.01. The van der Waals surface area contributed by atoms with Crippen LogP contribution < -0.4 is 24.4 Å². The van der Waals surface area contributed by atoms with Crippen LogP contribution in [0.1, 0.15) is 27.7 Å². The first-order chi connectivity index (χ1) is 18.3. The van der Waals surface area contributed by atoms with Gasteiger partial charge in [-0.15, -0.1) is 0 Å². The molecule has 0 unspecified atom stereocenters. The molecule has 214 valence electrons. The number of halogens is 1. The topological polar surface area (TPSA) is 154 Å². The number of aliphatic hydroxyl groups excluding tert-OH is 1. The molecule has 1 fully saturated rings. The van der Waals surface area contributed by atoms with Gasteiger partial charge in [0, 0.05) is 18.3 Å². The Bertz CT molecular complexity index is 1210. The highest BCUT2D eigenvalue weighted by molar-refractivity contribution is 7.52. The molecule has 13 nitrogen and oxygen atoms in total. The van der Waals surface area contributed by atoms with E-state index in [4.69, 9.17) is 28.0 Å². The zero-order valence-corrected chi connectivity index (χ0v) is 22.7. The maximum absolute atomic E-state index is 15.6. The van der Waals surface area contributed by atoms with E-state index < -0.39 is 62.5 Å². The van der Waals surface area contributed by atoms with E-state index in [2.05, 4.69) is 17.0 Å². The van der Waals surface area contributed by atoms with E-state index in [-0.39, 0.29) is 18.4 Å². The fraction of sp³-hybridized carbons (Fsp3) is 0.500. The van der Waals surface area contributed by atoms with Crippen LogP contribution in [0.2, 0.25) is 0 Å². The maximum atomic E-state index is 15.6. The highest BCUT2D eigenvalue weighted by Gasteiger charge is 2.57. The normalized spacial score (nSPS) is 28.3. The summed E-state index contributed by atoms with van der Waals surface area (Å²) in [5, 5.41) is 15.7. The van der Waals surface area contributed by atoms with Gasteiger partial charge in [-0.05, 0) is 39.8 Å². The Hall–Kier alpha value is -3.16. The van der Waals surface area contributed by atoms with Crippen molar-refractivity contribution in [3.8, 4) is 17.2 Å². The standard InChI is InChI=1S/C24H31FN3O10P/c1-13(2)36-22(31)14(3)27-39(32,38-16-6-7-17-18(10-16)34-12-33-17)35-11-19-21(30)24(5,25)23(37-19)28-9-8-20(29)26-15(28)4/h6-10,13-14,19,21,23,30H,4,11-12H2,1-3,5H3,(H,26,29)(H,27,32)/t14-,19+,21+,23+,24+,39-/m0/s1. The quantitative estimate of drug-likeness (QED) is 0.278. The lowest BCUT2D eigenvalue weighted by Crippen LogP contribution is -2.51. The third kappa shape index (κ3) is 6.36. The Morgan fingerprint density at radius 2 is 2.08 bits per heavy atom. The summed E-state index contributed by atoms with van der Waals surface area (Å²) in [6.07, 6.45) is -2.45. The predicted octanol–water partition coefficient (Wildman–Crippen LogP) is 2.08. The lowest BCUT2D eigenvalue weighted by Gasteiger charge is -2.35. The van der Waals surface area contributed by atoms with Crippen LogP contribution >= 0.6 is 7.75 Å². The molecule has 3 N–H and O–H groups in total. The Balaban J connectivity index is 1.51. The van der Waals surface area contributed by atoms with Crippen molar-refractivity contribution in [2.45, 2.75) is 63.9 Å². The summed E-state index contributed by atoms with van der Waals surface area (Å²) in [5.74, 6) is -0.256. The molecule has 0 spiro atoms. The van der Waals surface area contributed by atoms with Gasteiger partial charge in [0.05, 0.1) is 12.7 Å². The number of amides is 1. The molecule has 1 aromatic carbocycles. The molecule has 15 heteroatoms. The summed E-state index contributed by atoms with van der Waals surface area (Å²) >= 11 is 0. The van der Waals surface area contributed by atoms with E-state index in [0.29, 0.717) is 11.5 Å².